The Bertz CT molecular complexity index is 1380. The van der Waals surface area contributed by atoms with Gasteiger partial charge in [0.15, 0.2) is 11.6 Å². The van der Waals surface area contributed by atoms with E-state index in [2.05, 4.69) is 6.58 Å². The molecule has 0 aromatic heterocycles. The van der Waals surface area contributed by atoms with Gasteiger partial charge in [0.1, 0.15) is 17.3 Å². The van der Waals surface area contributed by atoms with Gasteiger partial charge in [-0.2, -0.15) is 13.2 Å². The Labute approximate surface area is 211 Å². The zero-order chi connectivity index (χ0) is 27.4. The highest BCUT2D eigenvalue weighted by molar-refractivity contribution is 7.92. The van der Waals surface area contributed by atoms with Crippen LogP contribution in [-0.2, 0) is 25.7 Å². The van der Waals surface area contributed by atoms with Crippen molar-refractivity contribution in [3.8, 4) is 5.75 Å². The molecule has 1 atom stereocenters. The lowest BCUT2D eigenvalue weighted by Gasteiger charge is -2.25. The number of alkyl halides is 3. The Balaban J connectivity index is 1.90. The van der Waals surface area contributed by atoms with Crippen molar-refractivity contribution in [3.63, 3.8) is 0 Å². The maximum atomic E-state index is 14.8. The molecule has 2 aromatic rings. The number of nitrogens with two attached hydrogens (primary N) is 1. The van der Waals surface area contributed by atoms with Gasteiger partial charge in [-0.15, -0.1) is 0 Å². The molecule has 0 saturated carbocycles. The van der Waals surface area contributed by atoms with Gasteiger partial charge in [0.05, 0.1) is 30.4 Å². The zero-order valence-corrected chi connectivity index (χ0v) is 20.6. The maximum absolute atomic E-state index is 14.8. The second kappa shape index (κ2) is 11.1. The fraction of sp³-hybridized carbons (Fsp3) is 0.200. The lowest BCUT2D eigenvalue weighted by molar-refractivity contribution is -0.139. The largest absolute Gasteiger partial charge is 0.497 e. The van der Waals surface area contributed by atoms with Gasteiger partial charge >= 0.3 is 6.18 Å². The van der Waals surface area contributed by atoms with Crippen molar-refractivity contribution in [2.75, 3.05) is 18.9 Å². The molecule has 3 rings (SSSR count). The molecular weight excluding hydrogens is 516 g/mol. The van der Waals surface area contributed by atoms with Crippen LogP contribution in [0.25, 0.3) is 0 Å². The summed E-state index contributed by atoms with van der Waals surface area (Å²) in [5, 5.41) is 0. The van der Waals surface area contributed by atoms with Crippen LogP contribution in [0.5, 0.6) is 5.75 Å². The second-order valence-electron chi connectivity index (χ2n) is 7.72. The molecule has 0 heterocycles. The van der Waals surface area contributed by atoms with Gasteiger partial charge in [0.2, 0.25) is 0 Å². The number of benzene rings is 2. The van der Waals surface area contributed by atoms with E-state index in [4.69, 9.17) is 19.9 Å². The van der Waals surface area contributed by atoms with Crippen molar-refractivity contribution in [2.24, 2.45) is 5.73 Å². The Morgan fingerprint density at radius 2 is 1.86 bits per heavy atom. The first-order chi connectivity index (χ1) is 17.4. The van der Waals surface area contributed by atoms with Crippen LogP contribution in [0.2, 0.25) is 0 Å². The first-order valence-electron chi connectivity index (χ1n) is 10.7. The topological polar surface area (TPSA) is 99.9 Å². The van der Waals surface area contributed by atoms with Gasteiger partial charge in [-0.25, -0.2) is 12.8 Å². The number of hydrogen-bond donors (Lipinski definition) is 2. The molecule has 0 bridgehead atoms. The van der Waals surface area contributed by atoms with E-state index in [1.807, 2.05) is 4.72 Å². The Kier molecular flexibility index (Phi) is 8.34. The summed E-state index contributed by atoms with van der Waals surface area (Å²) in [7, 11) is -1.83. The number of rotatable bonds is 9. The van der Waals surface area contributed by atoms with Crippen molar-refractivity contribution in [1.82, 2.24) is 0 Å². The zero-order valence-electron chi connectivity index (χ0n) is 19.8. The van der Waals surface area contributed by atoms with Gasteiger partial charge in [-0.1, -0.05) is 24.8 Å². The molecule has 1 aliphatic rings. The summed E-state index contributed by atoms with van der Waals surface area (Å²) in [4.78, 5) is -1.03. The molecule has 0 saturated heterocycles. The van der Waals surface area contributed by atoms with Gasteiger partial charge in [0.25, 0.3) is 10.0 Å². The summed E-state index contributed by atoms with van der Waals surface area (Å²) in [5.41, 5.74) is 4.81. The lowest BCUT2D eigenvalue weighted by Crippen LogP contribution is -2.29. The van der Waals surface area contributed by atoms with Crippen molar-refractivity contribution in [3.05, 3.63) is 102 Å². The molecule has 3 N–H and O–H groups in total. The molecule has 0 amide bonds. The number of halogens is 4. The van der Waals surface area contributed by atoms with Gasteiger partial charge in [0, 0.05) is 24.1 Å². The number of hydrogen-bond acceptors (Lipinski definition) is 6. The minimum absolute atomic E-state index is 0.0298. The van der Waals surface area contributed by atoms with Crippen LogP contribution in [0.4, 0.5) is 23.2 Å². The number of allylic oxidation sites excluding steroid dienone is 3. The number of sulfonamides is 1. The summed E-state index contributed by atoms with van der Waals surface area (Å²) in [6, 6.07) is 6.20. The molecule has 2 aromatic carbocycles. The molecular formula is C25H24F4N2O5S. The standard InChI is InChI=1S/C25H24F4N2O5S/c1-4-7-21(16-13-22(34-2)23(35-3)14-19(16)30)36-15-10-11-20(18(26)12-15)31-37(32,33)24-9-6-5-8-17(24)25(27,28)29/h4-13,19,31H,1,14,30H2,2-3H3/b21-7+. The number of methoxy groups -OCH3 is 2. The Morgan fingerprint density at radius 3 is 2.46 bits per heavy atom. The third-order valence-corrected chi connectivity index (χ3v) is 6.70. The van der Waals surface area contributed by atoms with E-state index < -0.39 is 44.2 Å². The molecule has 0 spiro atoms. The second-order valence-corrected chi connectivity index (χ2v) is 9.37. The van der Waals surface area contributed by atoms with Crippen LogP contribution in [0.3, 0.4) is 0 Å². The van der Waals surface area contributed by atoms with E-state index in [0.29, 0.717) is 29.6 Å². The highest BCUT2D eigenvalue weighted by Gasteiger charge is 2.37. The van der Waals surface area contributed by atoms with Gasteiger partial charge < -0.3 is 19.9 Å². The van der Waals surface area contributed by atoms with E-state index in [-0.39, 0.29) is 11.5 Å². The highest BCUT2D eigenvalue weighted by atomic mass is 32.2. The summed E-state index contributed by atoms with van der Waals surface area (Å²) in [6.45, 7) is 3.63. The van der Waals surface area contributed by atoms with Crippen LogP contribution in [0, 0.1) is 5.82 Å². The number of anilines is 1. The lowest BCUT2D eigenvalue weighted by atomic mass is 9.95. The fourth-order valence-corrected chi connectivity index (χ4v) is 4.85. The molecule has 0 fully saturated rings. The van der Waals surface area contributed by atoms with E-state index in [9.17, 15) is 26.0 Å². The maximum Gasteiger partial charge on any atom is 0.417 e. The van der Waals surface area contributed by atoms with Crippen molar-refractivity contribution in [2.45, 2.75) is 23.5 Å². The SMILES string of the molecule is C=C/C=C(/Oc1ccc(NS(=O)(=O)c2ccccc2C(F)(F)F)c(F)c1)C1=CC(OC)=C(OC)CC1N. The first-order valence-corrected chi connectivity index (χ1v) is 12.2. The van der Waals surface area contributed by atoms with Crippen molar-refractivity contribution >= 4 is 15.7 Å². The fourth-order valence-electron chi connectivity index (χ4n) is 3.55. The Hall–Kier alpha value is -3.77. The molecule has 1 unspecified atom stereocenters. The normalized spacial score (nSPS) is 16.7. The monoisotopic (exact) mass is 540 g/mol. The molecule has 7 nitrogen and oxygen atoms in total. The summed E-state index contributed by atoms with van der Waals surface area (Å²) >= 11 is 0. The Morgan fingerprint density at radius 1 is 1.16 bits per heavy atom. The van der Waals surface area contributed by atoms with Crippen molar-refractivity contribution in [1.29, 1.82) is 0 Å². The van der Waals surface area contributed by atoms with Crippen LogP contribution < -0.4 is 15.2 Å². The van der Waals surface area contributed by atoms with E-state index in [1.165, 1.54) is 32.4 Å². The predicted molar refractivity (Wildman–Crippen MR) is 129 cm³/mol. The molecule has 0 aliphatic heterocycles. The van der Waals surface area contributed by atoms with Gasteiger partial charge in [-0.05, 0) is 36.4 Å². The predicted octanol–water partition coefficient (Wildman–Crippen LogP) is 5.26. The minimum atomic E-state index is -4.92. The summed E-state index contributed by atoms with van der Waals surface area (Å²) in [5.74, 6) is 0.0702. The first kappa shape index (κ1) is 27.8. The molecule has 37 heavy (non-hydrogen) atoms. The smallest absolute Gasteiger partial charge is 0.417 e. The third-order valence-electron chi connectivity index (χ3n) is 5.28. The van der Waals surface area contributed by atoms with Crippen LogP contribution in [-0.4, -0.2) is 28.7 Å². The minimum Gasteiger partial charge on any atom is -0.497 e. The average Bonchev–Trinajstić information content (AvgIpc) is 2.84. The van der Waals surface area contributed by atoms with Crippen molar-refractivity contribution < 1.29 is 40.2 Å². The molecule has 0 radical (unpaired) electrons. The van der Waals surface area contributed by atoms with E-state index in [0.717, 1.165) is 30.3 Å². The third kappa shape index (κ3) is 6.33. The van der Waals surface area contributed by atoms with E-state index >= 15 is 0 Å². The van der Waals surface area contributed by atoms with Crippen LogP contribution in [0.1, 0.15) is 12.0 Å². The average molecular weight is 541 g/mol. The number of nitrogens with one attached hydrogen (secondary N) is 1. The number of ether oxygens (including phenoxy) is 3. The molecule has 198 valence electrons. The van der Waals surface area contributed by atoms with E-state index in [1.54, 1.807) is 6.08 Å². The summed E-state index contributed by atoms with van der Waals surface area (Å²) < 4.78 is 98.2. The molecule has 1 aliphatic carbocycles. The van der Waals surface area contributed by atoms with Gasteiger partial charge in [-0.3, -0.25) is 4.72 Å². The van der Waals surface area contributed by atoms with Crippen LogP contribution in [0.15, 0.2) is 95.0 Å². The quantitative estimate of drug-likeness (QED) is 0.256. The van der Waals surface area contributed by atoms with Crippen LogP contribution >= 0.6 is 0 Å². The molecule has 12 heteroatoms. The highest BCUT2D eigenvalue weighted by Crippen LogP contribution is 2.35. The summed E-state index contributed by atoms with van der Waals surface area (Å²) in [6.07, 6.45) is -0.0790.